The highest BCUT2D eigenvalue weighted by atomic mass is 32.2. The van der Waals surface area contributed by atoms with Crippen LogP contribution in [0, 0.1) is 0 Å². The summed E-state index contributed by atoms with van der Waals surface area (Å²) < 4.78 is 11.3. The van der Waals surface area contributed by atoms with E-state index < -0.39 is 0 Å². The number of nitrogens with two attached hydrogens (primary N) is 1. The number of ether oxygens (including phenoxy) is 2. The predicted molar refractivity (Wildman–Crippen MR) is 97.9 cm³/mol. The number of amides is 1. The SMILES string of the molecule is CCCCC(CN)NC(=O)CCSc1ccc2c(c1)OCCCO2. The van der Waals surface area contributed by atoms with Crippen LogP contribution in [0.15, 0.2) is 23.1 Å². The van der Waals surface area contributed by atoms with Crippen molar-refractivity contribution in [2.24, 2.45) is 5.73 Å². The maximum atomic E-state index is 12.0. The summed E-state index contributed by atoms with van der Waals surface area (Å²) in [7, 11) is 0. The number of benzene rings is 1. The van der Waals surface area contributed by atoms with Gasteiger partial charge in [-0.1, -0.05) is 19.8 Å². The number of hydrogen-bond acceptors (Lipinski definition) is 5. The summed E-state index contributed by atoms with van der Waals surface area (Å²) in [4.78, 5) is 13.1. The van der Waals surface area contributed by atoms with Gasteiger partial charge in [-0.3, -0.25) is 4.79 Å². The molecular formula is C18H28N2O3S. The molecule has 5 nitrogen and oxygen atoms in total. The zero-order chi connectivity index (χ0) is 17.2. The Morgan fingerprint density at radius 2 is 2.12 bits per heavy atom. The molecule has 0 saturated carbocycles. The molecule has 1 unspecified atom stereocenters. The number of carbonyl (C=O) groups excluding carboxylic acids is 1. The fraction of sp³-hybridized carbons (Fsp3) is 0.611. The maximum Gasteiger partial charge on any atom is 0.221 e. The van der Waals surface area contributed by atoms with Crippen LogP contribution in [0.4, 0.5) is 0 Å². The third-order valence-electron chi connectivity index (χ3n) is 3.87. The van der Waals surface area contributed by atoms with E-state index in [1.807, 2.05) is 18.2 Å². The Labute approximate surface area is 148 Å². The summed E-state index contributed by atoms with van der Waals surface area (Å²) in [6, 6.07) is 6.05. The molecule has 1 amide bonds. The van der Waals surface area contributed by atoms with Crippen molar-refractivity contribution >= 4 is 17.7 Å². The van der Waals surface area contributed by atoms with Crippen molar-refractivity contribution in [1.82, 2.24) is 5.32 Å². The van der Waals surface area contributed by atoms with E-state index in [1.54, 1.807) is 11.8 Å². The van der Waals surface area contributed by atoms with E-state index in [4.69, 9.17) is 15.2 Å². The van der Waals surface area contributed by atoms with Crippen LogP contribution in [0.2, 0.25) is 0 Å². The molecule has 134 valence electrons. The highest BCUT2D eigenvalue weighted by Crippen LogP contribution is 2.33. The fourth-order valence-electron chi connectivity index (χ4n) is 2.49. The van der Waals surface area contributed by atoms with E-state index in [1.165, 1.54) is 0 Å². The monoisotopic (exact) mass is 352 g/mol. The van der Waals surface area contributed by atoms with Gasteiger partial charge in [0.15, 0.2) is 11.5 Å². The summed E-state index contributed by atoms with van der Waals surface area (Å²) in [5, 5.41) is 3.02. The van der Waals surface area contributed by atoms with Crippen LogP contribution < -0.4 is 20.5 Å². The van der Waals surface area contributed by atoms with E-state index in [0.717, 1.165) is 47.8 Å². The Kier molecular flexibility index (Phi) is 8.25. The minimum absolute atomic E-state index is 0.0726. The Hall–Kier alpha value is -1.40. The molecule has 1 aliphatic heterocycles. The molecule has 0 aromatic heterocycles. The summed E-state index contributed by atoms with van der Waals surface area (Å²) in [6.45, 7) is 4.02. The molecule has 1 aliphatic rings. The number of thioether (sulfide) groups is 1. The standard InChI is InChI=1S/C18H28N2O3S/c1-2-3-5-14(13-19)20-18(21)8-11-24-15-6-7-16-17(12-15)23-10-4-9-22-16/h6-7,12,14H,2-5,8-11,13,19H2,1H3,(H,20,21). The van der Waals surface area contributed by atoms with Crippen LogP contribution in [0.5, 0.6) is 11.5 Å². The van der Waals surface area contributed by atoms with Crippen molar-refractivity contribution in [2.45, 2.75) is 50.0 Å². The molecule has 1 atom stereocenters. The number of hydrogen-bond donors (Lipinski definition) is 2. The van der Waals surface area contributed by atoms with Crippen LogP contribution in [0.25, 0.3) is 0 Å². The average Bonchev–Trinajstić information content (AvgIpc) is 2.83. The molecule has 1 aromatic carbocycles. The lowest BCUT2D eigenvalue weighted by Crippen LogP contribution is -2.40. The van der Waals surface area contributed by atoms with Crippen LogP contribution in [0.1, 0.15) is 39.0 Å². The second kappa shape index (κ2) is 10.5. The molecule has 0 radical (unpaired) electrons. The van der Waals surface area contributed by atoms with Gasteiger partial charge >= 0.3 is 0 Å². The summed E-state index contributed by atoms with van der Waals surface area (Å²) >= 11 is 1.65. The Bertz CT molecular complexity index is 525. The zero-order valence-corrected chi connectivity index (χ0v) is 15.2. The molecule has 0 saturated heterocycles. The average molecular weight is 353 g/mol. The van der Waals surface area contributed by atoms with Crippen molar-refractivity contribution in [3.8, 4) is 11.5 Å². The van der Waals surface area contributed by atoms with Crippen molar-refractivity contribution in [1.29, 1.82) is 0 Å². The van der Waals surface area contributed by atoms with Crippen molar-refractivity contribution in [2.75, 3.05) is 25.5 Å². The molecule has 0 bridgehead atoms. The number of fused-ring (bicyclic) bond motifs is 1. The fourth-order valence-corrected chi connectivity index (χ4v) is 3.37. The quantitative estimate of drug-likeness (QED) is 0.669. The first-order valence-electron chi connectivity index (χ1n) is 8.74. The molecule has 6 heteroatoms. The highest BCUT2D eigenvalue weighted by molar-refractivity contribution is 7.99. The number of unbranched alkanes of at least 4 members (excludes halogenated alkanes) is 1. The van der Waals surface area contributed by atoms with Gasteiger partial charge in [-0.25, -0.2) is 0 Å². The van der Waals surface area contributed by atoms with E-state index in [9.17, 15) is 4.79 Å². The maximum absolute atomic E-state index is 12.0. The Balaban J connectivity index is 1.75. The highest BCUT2D eigenvalue weighted by Gasteiger charge is 2.12. The zero-order valence-electron chi connectivity index (χ0n) is 14.4. The second-order valence-corrected chi connectivity index (χ2v) is 7.07. The number of rotatable bonds is 9. The normalized spacial score (nSPS) is 14.8. The topological polar surface area (TPSA) is 73.6 Å². The van der Waals surface area contributed by atoms with Crippen molar-refractivity contribution in [3.63, 3.8) is 0 Å². The predicted octanol–water partition coefficient (Wildman–Crippen LogP) is 2.96. The lowest BCUT2D eigenvalue weighted by atomic mass is 10.1. The van der Waals surface area contributed by atoms with Gasteiger partial charge in [0, 0.05) is 36.1 Å². The van der Waals surface area contributed by atoms with Crippen LogP contribution in [-0.4, -0.2) is 37.5 Å². The lowest BCUT2D eigenvalue weighted by Gasteiger charge is -2.16. The van der Waals surface area contributed by atoms with Crippen LogP contribution >= 0.6 is 11.8 Å². The molecule has 0 spiro atoms. The first kappa shape index (κ1) is 18.9. The summed E-state index contributed by atoms with van der Waals surface area (Å²) in [5.41, 5.74) is 5.71. The van der Waals surface area contributed by atoms with Gasteiger partial charge in [-0.2, -0.15) is 0 Å². The molecule has 1 aromatic rings. The van der Waals surface area contributed by atoms with E-state index in [2.05, 4.69) is 12.2 Å². The van der Waals surface area contributed by atoms with E-state index in [-0.39, 0.29) is 11.9 Å². The molecule has 0 aliphatic carbocycles. The minimum atomic E-state index is 0.0726. The van der Waals surface area contributed by atoms with Gasteiger partial charge in [0.25, 0.3) is 0 Å². The first-order valence-corrected chi connectivity index (χ1v) is 9.73. The number of nitrogens with one attached hydrogen (secondary N) is 1. The van der Waals surface area contributed by atoms with Crippen LogP contribution in [-0.2, 0) is 4.79 Å². The van der Waals surface area contributed by atoms with Crippen molar-refractivity contribution in [3.05, 3.63) is 18.2 Å². The molecule has 24 heavy (non-hydrogen) atoms. The minimum Gasteiger partial charge on any atom is -0.490 e. The lowest BCUT2D eigenvalue weighted by molar-refractivity contribution is -0.121. The molecular weight excluding hydrogens is 324 g/mol. The third-order valence-corrected chi connectivity index (χ3v) is 4.87. The molecule has 3 N–H and O–H groups in total. The van der Waals surface area contributed by atoms with E-state index >= 15 is 0 Å². The smallest absolute Gasteiger partial charge is 0.221 e. The first-order chi connectivity index (χ1) is 11.7. The van der Waals surface area contributed by atoms with E-state index in [0.29, 0.717) is 26.2 Å². The Morgan fingerprint density at radius 1 is 1.33 bits per heavy atom. The van der Waals surface area contributed by atoms with Gasteiger partial charge < -0.3 is 20.5 Å². The van der Waals surface area contributed by atoms with Gasteiger partial charge in [0.2, 0.25) is 5.91 Å². The Morgan fingerprint density at radius 3 is 2.88 bits per heavy atom. The summed E-state index contributed by atoms with van der Waals surface area (Å²) in [6.07, 6.45) is 4.55. The molecule has 0 fully saturated rings. The largest absolute Gasteiger partial charge is 0.490 e. The summed E-state index contributed by atoms with van der Waals surface area (Å²) in [5.74, 6) is 2.40. The molecule has 1 heterocycles. The van der Waals surface area contributed by atoms with Gasteiger partial charge in [-0.05, 0) is 24.6 Å². The molecule has 2 rings (SSSR count). The second-order valence-electron chi connectivity index (χ2n) is 5.90. The van der Waals surface area contributed by atoms with Gasteiger partial charge in [-0.15, -0.1) is 11.8 Å². The van der Waals surface area contributed by atoms with Crippen molar-refractivity contribution < 1.29 is 14.3 Å². The van der Waals surface area contributed by atoms with Gasteiger partial charge in [0.05, 0.1) is 13.2 Å². The van der Waals surface area contributed by atoms with Crippen LogP contribution in [0.3, 0.4) is 0 Å². The third kappa shape index (κ3) is 6.24. The number of carbonyl (C=O) groups is 1. The van der Waals surface area contributed by atoms with Gasteiger partial charge in [0.1, 0.15) is 0 Å².